The fourth-order valence-corrected chi connectivity index (χ4v) is 1.92. The predicted molar refractivity (Wildman–Crippen MR) is 74.6 cm³/mol. The molecule has 0 spiro atoms. The maximum atomic E-state index is 11.6. The van der Waals surface area contributed by atoms with Crippen molar-refractivity contribution in [1.82, 2.24) is 9.97 Å². The SMILES string of the molecule is Cc1nc(NC(C)(C(=O)O)c2ccccc2)cc(=O)[nH]1. The second-order valence-corrected chi connectivity index (χ2v) is 4.64. The van der Waals surface area contributed by atoms with E-state index in [-0.39, 0.29) is 11.4 Å². The molecule has 1 heterocycles. The van der Waals surface area contributed by atoms with E-state index >= 15 is 0 Å². The lowest BCUT2D eigenvalue weighted by atomic mass is 9.92. The number of aromatic amines is 1. The Balaban J connectivity index is 2.45. The zero-order valence-corrected chi connectivity index (χ0v) is 11.2. The van der Waals surface area contributed by atoms with E-state index in [4.69, 9.17) is 0 Å². The minimum Gasteiger partial charge on any atom is -0.479 e. The first-order valence-corrected chi connectivity index (χ1v) is 6.07. The van der Waals surface area contributed by atoms with Gasteiger partial charge in [-0.1, -0.05) is 30.3 Å². The monoisotopic (exact) mass is 273 g/mol. The molecule has 0 saturated carbocycles. The molecule has 3 N–H and O–H groups in total. The van der Waals surface area contributed by atoms with Crippen molar-refractivity contribution < 1.29 is 9.90 Å². The predicted octanol–water partition coefficient (Wildman–Crippen LogP) is 1.49. The van der Waals surface area contributed by atoms with E-state index in [9.17, 15) is 14.7 Å². The second-order valence-electron chi connectivity index (χ2n) is 4.64. The number of hydrogen-bond donors (Lipinski definition) is 3. The molecule has 0 saturated heterocycles. The van der Waals surface area contributed by atoms with Crippen LogP contribution in [0.5, 0.6) is 0 Å². The fourth-order valence-electron chi connectivity index (χ4n) is 1.92. The van der Waals surface area contributed by atoms with Gasteiger partial charge in [-0.3, -0.25) is 4.79 Å². The Morgan fingerprint density at radius 2 is 2.00 bits per heavy atom. The summed E-state index contributed by atoms with van der Waals surface area (Å²) in [6.45, 7) is 3.16. The summed E-state index contributed by atoms with van der Waals surface area (Å²) in [5, 5.41) is 12.3. The molecule has 0 amide bonds. The zero-order chi connectivity index (χ0) is 14.8. The maximum absolute atomic E-state index is 11.6. The molecule has 20 heavy (non-hydrogen) atoms. The first-order valence-electron chi connectivity index (χ1n) is 6.07. The Labute approximate surface area is 115 Å². The van der Waals surface area contributed by atoms with Gasteiger partial charge >= 0.3 is 5.97 Å². The highest BCUT2D eigenvalue weighted by molar-refractivity contribution is 5.83. The van der Waals surface area contributed by atoms with E-state index in [0.717, 1.165) is 0 Å². The van der Waals surface area contributed by atoms with Gasteiger partial charge in [0.15, 0.2) is 5.54 Å². The van der Waals surface area contributed by atoms with Crippen molar-refractivity contribution in [2.75, 3.05) is 5.32 Å². The lowest BCUT2D eigenvalue weighted by Gasteiger charge is -2.27. The van der Waals surface area contributed by atoms with Crippen LogP contribution in [-0.2, 0) is 10.3 Å². The number of aromatic nitrogens is 2. The highest BCUT2D eigenvalue weighted by Crippen LogP contribution is 2.25. The number of carboxylic acid groups (broad SMARTS) is 1. The molecule has 2 rings (SSSR count). The van der Waals surface area contributed by atoms with E-state index in [1.54, 1.807) is 37.3 Å². The normalized spacial score (nSPS) is 13.5. The number of hydrogen-bond acceptors (Lipinski definition) is 4. The second kappa shape index (κ2) is 5.16. The van der Waals surface area contributed by atoms with Gasteiger partial charge in [-0.2, -0.15) is 0 Å². The van der Waals surface area contributed by atoms with Crippen molar-refractivity contribution >= 4 is 11.8 Å². The topological polar surface area (TPSA) is 95.1 Å². The third kappa shape index (κ3) is 2.69. The summed E-state index contributed by atoms with van der Waals surface area (Å²) in [6.07, 6.45) is 0. The molecule has 6 heteroatoms. The molecule has 1 atom stereocenters. The lowest BCUT2D eigenvalue weighted by molar-refractivity contribution is -0.142. The summed E-state index contributed by atoms with van der Waals surface area (Å²) < 4.78 is 0. The Morgan fingerprint density at radius 1 is 1.35 bits per heavy atom. The molecule has 2 aromatic rings. The molecule has 0 aliphatic carbocycles. The molecule has 0 aliphatic rings. The largest absolute Gasteiger partial charge is 0.479 e. The number of nitrogens with one attached hydrogen (secondary N) is 2. The summed E-state index contributed by atoms with van der Waals surface area (Å²) in [6, 6.07) is 9.98. The molecular weight excluding hydrogens is 258 g/mol. The smallest absolute Gasteiger partial charge is 0.333 e. The van der Waals surface area contributed by atoms with E-state index in [1.165, 1.54) is 13.0 Å². The van der Waals surface area contributed by atoms with Crippen LogP contribution in [0, 0.1) is 6.92 Å². The van der Waals surface area contributed by atoms with Gasteiger partial charge in [0.1, 0.15) is 11.6 Å². The zero-order valence-electron chi connectivity index (χ0n) is 11.2. The van der Waals surface area contributed by atoms with Gasteiger partial charge in [-0.05, 0) is 19.4 Å². The summed E-state index contributed by atoms with van der Waals surface area (Å²) in [7, 11) is 0. The molecule has 1 aromatic carbocycles. The Morgan fingerprint density at radius 3 is 2.55 bits per heavy atom. The molecular formula is C14H15N3O3. The van der Waals surface area contributed by atoms with E-state index in [1.807, 2.05) is 0 Å². The van der Waals surface area contributed by atoms with E-state index in [0.29, 0.717) is 11.4 Å². The lowest BCUT2D eigenvalue weighted by Crippen LogP contribution is -2.41. The molecule has 0 aliphatic heterocycles. The van der Waals surface area contributed by atoms with Crippen molar-refractivity contribution in [3.8, 4) is 0 Å². The molecule has 0 bridgehead atoms. The number of carboxylic acids is 1. The van der Waals surface area contributed by atoms with Crippen LogP contribution in [0.2, 0.25) is 0 Å². The number of aryl methyl sites for hydroxylation is 1. The fraction of sp³-hybridized carbons (Fsp3) is 0.214. The van der Waals surface area contributed by atoms with Gasteiger partial charge < -0.3 is 15.4 Å². The highest BCUT2D eigenvalue weighted by Gasteiger charge is 2.35. The number of benzene rings is 1. The molecule has 0 fully saturated rings. The summed E-state index contributed by atoms with van der Waals surface area (Å²) in [5.74, 6) is -0.413. The van der Waals surface area contributed by atoms with Crippen LogP contribution in [0.4, 0.5) is 5.82 Å². The average Bonchev–Trinajstić information content (AvgIpc) is 2.38. The Bertz CT molecular complexity index is 682. The number of rotatable bonds is 4. The van der Waals surface area contributed by atoms with Crippen molar-refractivity contribution in [3.05, 3.63) is 58.1 Å². The van der Waals surface area contributed by atoms with Crippen LogP contribution >= 0.6 is 0 Å². The molecule has 0 radical (unpaired) electrons. The molecule has 1 unspecified atom stereocenters. The Hall–Kier alpha value is -2.63. The number of H-pyrrole nitrogens is 1. The molecule has 6 nitrogen and oxygen atoms in total. The quantitative estimate of drug-likeness (QED) is 0.784. The third-order valence-electron chi connectivity index (χ3n) is 3.02. The van der Waals surface area contributed by atoms with Crippen molar-refractivity contribution in [3.63, 3.8) is 0 Å². The highest BCUT2D eigenvalue weighted by atomic mass is 16.4. The van der Waals surface area contributed by atoms with Gasteiger partial charge in [-0.25, -0.2) is 9.78 Å². The number of nitrogens with zero attached hydrogens (tertiary/aromatic N) is 1. The molecule has 104 valence electrons. The Kier molecular flexibility index (Phi) is 3.56. The van der Waals surface area contributed by atoms with Crippen LogP contribution < -0.4 is 10.9 Å². The van der Waals surface area contributed by atoms with Crippen LogP contribution in [-0.4, -0.2) is 21.0 Å². The van der Waals surface area contributed by atoms with Crippen molar-refractivity contribution in [1.29, 1.82) is 0 Å². The minimum atomic E-state index is -1.37. The molecule has 1 aromatic heterocycles. The van der Waals surface area contributed by atoms with E-state index in [2.05, 4.69) is 15.3 Å². The first kappa shape index (κ1) is 13.8. The van der Waals surface area contributed by atoms with Crippen LogP contribution in [0.25, 0.3) is 0 Å². The maximum Gasteiger partial charge on any atom is 0.333 e. The van der Waals surface area contributed by atoms with Crippen LogP contribution in [0.15, 0.2) is 41.2 Å². The average molecular weight is 273 g/mol. The minimum absolute atomic E-state index is 0.222. The van der Waals surface area contributed by atoms with Gasteiger partial charge in [0, 0.05) is 6.07 Å². The number of anilines is 1. The number of aliphatic carboxylic acids is 1. The summed E-state index contributed by atoms with van der Waals surface area (Å²) >= 11 is 0. The summed E-state index contributed by atoms with van der Waals surface area (Å²) in [5.41, 5.74) is -1.12. The van der Waals surface area contributed by atoms with Gasteiger partial charge in [0.25, 0.3) is 5.56 Å². The van der Waals surface area contributed by atoms with Crippen molar-refractivity contribution in [2.45, 2.75) is 19.4 Å². The standard InChI is InChI=1S/C14H15N3O3/c1-9-15-11(8-12(18)16-9)17-14(2,13(19)20)10-6-4-3-5-7-10/h3-8H,1-2H3,(H,19,20)(H2,15,16,17,18). The van der Waals surface area contributed by atoms with Crippen LogP contribution in [0.3, 0.4) is 0 Å². The third-order valence-corrected chi connectivity index (χ3v) is 3.02. The van der Waals surface area contributed by atoms with Crippen molar-refractivity contribution in [2.24, 2.45) is 0 Å². The summed E-state index contributed by atoms with van der Waals surface area (Å²) in [4.78, 5) is 29.6. The van der Waals surface area contributed by atoms with E-state index < -0.39 is 11.5 Å². The van der Waals surface area contributed by atoms with Gasteiger partial charge in [-0.15, -0.1) is 0 Å². The first-order chi connectivity index (χ1) is 9.41. The van der Waals surface area contributed by atoms with Crippen LogP contribution in [0.1, 0.15) is 18.3 Å². The number of carbonyl (C=O) groups is 1. The van der Waals surface area contributed by atoms with Gasteiger partial charge in [0.05, 0.1) is 0 Å². The van der Waals surface area contributed by atoms with Gasteiger partial charge in [0.2, 0.25) is 0 Å².